The van der Waals surface area contributed by atoms with Crippen molar-refractivity contribution >= 4 is 13.8 Å². The molecule has 0 aliphatic carbocycles. The topological polar surface area (TPSA) is 143 Å². The largest absolute Gasteiger partial charge is 0.472 e. The maximum absolute atomic E-state index is 11.7. The van der Waals surface area contributed by atoms with Crippen LogP contribution in [0.25, 0.3) is 0 Å². The van der Waals surface area contributed by atoms with E-state index in [1.807, 2.05) is 0 Å². The number of hydrogen-bond donors (Lipinski definition) is 4. The van der Waals surface area contributed by atoms with Crippen molar-refractivity contribution in [3.8, 4) is 0 Å². The lowest BCUT2D eigenvalue weighted by atomic mass is 10.0. The number of unbranched alkanes of at least 4 members (excludes halogenated alkanes) is 11. The van der Waals surface area contributed by atoms with E-state index in [9.17, 15) is 19.4 Å². The van der Waals surface area contributed by atoms with Crippen molar-refractivity contribution in [1.29, 1.82) is 0 Å². The number of ether oxygens (including phenoxy) is 1. The molecule has 0 saturated carbocycles. The van der Waals surface area contributed by atoms with E-state index < -0.39 is 45.8 Å². The first-order chi connectivity index (χ1) is 14.8. The Kier molecular flexibility index (Phi) is 19.7. The molecule has 0 bridgehead atoms. The smallest absolute Gasteiger partial charge is 0.463 e. The van der Waals surface area contributed by atoms with Crippen LogP contribution in [0.4, 0.5) is 0 Å². The number of phosphoric acid groups is 1. The van der Waals surface area contributed by atoms with Crippen molar-refractivity contribution < 1.29 is 43.4 Å². The molecule has 0 saturated heterocycles. The summed E-state index contributed by atoms with van der Waals surface area (Å²) < 4.78 is 25.4. The molecule has 0 aliphatic heterocycles. The molecule has 31 heavy (non-hydrogen) atoms. The predicted molar refractivity (Wildman–Crippen MR) is 117 cm³/mol. The van der Waals surface area contributed by atoms with Crippen molar-refractivity contribution in [2.75, 3.05) is 26.4 Å². The van der Waals surface area contributed by atoms with Crippen LogP contribution >= 0.6 is 7.82 Å². The number of aliphatic hydroxyl groups is 3. The molecule has 0 rings (SSSR count). The highest BCUT2D eigenvalue weighted by atomic mass is 31.2. The third-order valence-electron chi connectivity index (χ3n) is 4.74. The van der Waals surface area contributed by atoms with Crippen LogP contribution < -0.4 is 0 Å². The van der Waals surface area contributed by atoms with E-state index in [4.69, 9.17) is 14.9 Å². The summed E-state index contributed by atoms with van der Waals surface area (Å²) in [6, 6.07) is 0. The number of phosphoric ester groups is 1. The highest BCUT2D eigenvalue weighted by molar-refractivity contribution is 7.47. The molecule has 4 N–H and O–H groups in total. The molecule has 0 fully saturated rings. The number of carbonyl (C=O) groups is 1. The lowest BCUT2D eigenvalue weighted by Gasteiger charge is -2.16. The zero-order chi connectivity index (χ0) is 23.4. The van der Waals surface area contributed by atoms with Crippen LogP contribution in [0.3, 0.4) is 0 Å². The van der Waals surface area contributed by atoms with Gasteiger partial charge in [-0.2, -0.15) is 0 Å². The third-order valence-corrected chi connectivity index (χ3v) is 5.69. The first kappa shape index (κ1) is 30.5. The highest BCUT2D eigenvalue weighted by Crippen LogP contribution is 2.43. The molecule has 0 aromatic rings. The predicted octanol–water partition coefficient (Wildman–Crippen LogP) is 3.47. The van der Waals surface area contributed by atoms with Gasteiger partial charge in [-0.3, -0.25) is 13.8 Å². The Morgan fingerprint density at radius 3 is 1.71 bits per heavy atom. The molecule has 9 nitrogen and oxygen atoms in total. The standard InChI is InChI=1S/C21H43O9P/c1-2-3-4-5-6-7-8-9-10-11-12-13-14-21(25)28-16-20(24)18-30-31(26,27)29-17-19(23)15-22/h19-20,22-24H,2-18H2,1H3,(H,26,27). The van der Waals surface area contributed by atoms with Gasteiger partial charge in [0.25, 0.3) is 0 Å². The van der Waals surface area contributed by atoms with Crippen LogP contribution in [-0.4, -0.2) is 64.8 Å². The minimum Gasteiger partial charge on any atom is -0.463 e. The van der Waals surface area contributed by atoms with Gasteiger partial charge in [0.15, 0.2) is 0 Å². The molecule has 0 spiro atoms. The van der Waals surface area contributed by atoms with Crippen LogP contribution in [0.2, 0.25) is 0 Å². The zero-order valence-electron chi connectivity index (χ0n) is 19.0. The summed E-state index contributed by atoms with van der Waals surface area (Å²) in [4.78, 5) is 21.0. The Morgan fingerprint density at radius 1 is 0.774 bits per heavy atom. The minimum absolute atomic E-state index is 0.270. The normalized spacial score (nSPS) is 15.4. The van der Waals surface area contributed by atoms with E-state index in [1.165, 1.54) is 57.8 Å². The summed E-state index contributed by atoms with van der Waals surface area (Å²) in [6.45, 7) is 0.0846. The van der Waals surface area contributed by atoms with Crippen molar-refractivity contribution in [3.63, 3.8) is 0 Å². The summed E-state index contributed by atoms with van der Waals surface area (Å²) in [5.41, 5.74) is 0. The van der Waals surface area contributed by atoms with Gasteiger partial charge in [0, 0.05) is 6.42 Å². The summed E-state index contributed by atoms with van der Waals surface area (Å²) in [5, 5.41) is 27.3. The molecule has 0 aliphatic rings. The molecular weight excluding hydrogens is 427 g/mol. The Balaban J connectivity index is 3.57. The molecule has 0 amide bonds. The van der Waals surface area contributed by atoms with E-state index in [1.54, 1.807) is 0 Å². The number of carbonyl (C=O) groups excluding carboxylic acids is 1. The number of aliphatic hydroxyl groups excluding tert-OH is 3. The average molecular weight is 471 g/mol. The van der Waals surface area contributed by atoms with E-state index in [2.05, 4.69) is 16.0 Å². The molecule has 0 heterocycles. The van der Waals surface area contributed by atoms with E-state index >= 15 is 0 Å². The van der Waals surface area contributed by atoms with Gasteiger partial charge in [0.05, 0.1) is 19.8 Å². The van der Waals surface area contributed by atoms with Gasteiger partial charge in [-0.1, -0.05) is 77.6 Å². The lowest BCUT2D eigenvalue weighted by molar-refractivity contribution is -0.147. The zero-order valence-corrected chi connectivity index (χ0v) is 19.8. The molecule has 0 aromatic carbocycles. The second-order valence-corrected chi connectivity index (χ2v) is 9.33. The summed E-state index contributed by atoms with van der Waals surface area (Å²) in [7, 11) is -4.48. The molecule has 186 valence electrons. The van der Waals surface area contributed by atoms with Crippen LogP contribution in [0.1, 0.15) is 90.4 Å². The number of esters is 1. The van der Waals surface area contributed by atoms with Gasteiger partial charge in [-0.05, 0) is 6.42 Å². The van der Waals surface area contributed by atoms with Crippen LogP contribution in [0.5, 0.6) is 0 Å². The fraction of sp³-hybridized carbons (Fsp3) is 0.952. The van der Waals surface area contributed by atoms with Crippen molar-refractivity contribution in [3.05, 3.63) is 0 Å². The van der Waals surface area contributed by atoms with Gasteiger partial charge in [-0.25, -0.2) is 4.57 Å². The molecule has 0 radical (unpaired) electrons. The van der Waals surface area contributed by atoms with Crippen molar-refractivity contribution in [2.45, 2.75) is 103 Å². The number of rotatable bonds is 22. The van der Waals surface area contributed by atoms with Crippen LogP contribution in [0, 0.1) is 0 Å². The van der Waals surface area contributed by atoms with E-state index in [0.29, 0.717) is 0 Å². The quantitative estimate of drug-likeness (QED) is 0.106. The molecule has 3 atom stereocenters. The Bertz CT molecular complexity index is 476. The molecule has 10 heteroatoms. The maximum Gasteiger partial charge on any atom is 0.472 e. The number of hydrogen-bond acceptors (Lipinski definition) is 8. The van der Waals surface area contributed by atoms with Gasteiger partial charge < -0.3 is 24.9 Å². The van der Waals surface area contributed by atoms with Gasteiger partial charge in [0.1, 0.15) is 18.8 Å². The van der Waals surface area contributed by atoms with Gasteiger partial charge in [0.2, 0.25) is 0 Å². The fourth-order valence-electron chi connectivity index (χ4n) is 2.87. The van der Waals surface area contributed by atoms with E-state index in [0.717, 1.165) is 19.3 Å². The first-order valence-corrected chi connectivity index (χ1v) is 13.0. The molecule has 0 aromatic heterocycles. The third kappa shape index (κ3) is 21.1. The Labute approximate surface area is 186 Å². The minimum atomic E-state index is -4.48. The lowest BCUT2D eigenvalue weighted by Crippen LogP contribution is -2.24. The molecule has 3 unspecified atom stereocenters. The summed E-state index contributed by atoms with van der Waals surface area (Å²) in [5.74, 6) is -0.430. The second kappa shape index (κ2) is 20.1. The summed E-state index contributed by atoms with van der Waals surface area (Å²) >= 11 is 0. The summed E-state index contributed by atoms with van der Waals surface area (Å²) in [6.07, 6.45) is 12.1. The van der Waals surface area contributed by atoms with Gasteiger partial charge in [-0.15, -0.1) is 0 Å². The van der Waals surface area contributed by atoms with Crippen molar-refractivity contribution in [2.24, 2.45) is 0 Å². The van der Waals surface area contributed by atoms with Gasteiger partial charge >= 0.3 is 13.8 Å². The SMILES string of the molecule is CCCCCCCCCCCCCCC(=O)OCC(O)COP(=O)(O)OCC(O)CO. The van der Waals surface area contributed by atoms with E-state index in [-0.39, 0.29) is 13.0 Å². The average Bonchev–Trinajstić information content (AvgIpc) is 2.75. The Hall–Kier alpha value is -0.540. The fourth-order valence-corrected chi connectivity index (χ4v) is 3.67. The van der Waals surface area contributed by atoms with Crippen molar-refractivity contribution in [1.82, 2.24) is 0 Å². The first-order valence-electron chi connectivity index (χ1n) is 11.5. The molecular formula is C21H43O9P. The van der Waals surface area contributed by atoms with Crippen LogP contribution in [-0.2, 0) is 23.1 Å². The second-order valence-electron chi connectivity index (χ2n) is 7.87. The Morgan fingerprint density at radius 2 is 1.23 bits per heavy atom. The monoisotopic (exact) mass is 470 g/mol. The highest BCUT2D eigenvalue weighted by Gasteiger charge is 2.24. The van der Waals surface area contributed by atoms with Crippen LogP contribution in [0.15, 0.2) is 0 Å². The maximum atomic E-state index is 11.7.